The standard InChI is InChI=1S/C18H28O2/c1-4-16(5-2)12(3)17(19)20-18-9-13-6-14(10-18)8-15(7-13)11-18/h13-15H,4-11H2,1-3H3. The van der Waals surface area contributed by atoms with E-state index in [1.54, 1.807) is 0 Å². The van der Waals surface area contributed by atoms with Gasteiger partial charge in [-0.25, -0.2) is 4.79 Å². The third-order valence-electron chi connectivity index (χ3n) is 5.98. The lowest BCUT2D eigenvalue weighted by atomic mass is 9.54. The van der Waals surface area contributed by atoms with Gasteiger partial charge >= 0.3 is 5.97 Å². The first-order valence-corrected chi connectivity index (χ1v) is 8.47. The second kappa shape index (κ2) is 5.20. The third-order valence-corrected chi connectivity index (χ3v) is 5.98. The smallest absolute Gasteiger partial charge is 0.334 e. The Kier molecular flexibility index (Phi) is 3.68. The molecule has 0 aliphatic heterocycles. The molecule has 4 aliphatic carbocycles. The second-order valence-corrected chi connectivity index (χ2v) is 7.43. The minimum Gasteiger partial charge on any atom is -0.456 e. The molecule has 0 heterocycles. The molecule has 4 fully saturated rings. The van der Waals surface area contributed by atoms with Crippen LogP contribution in [-0.4, -0.2) is 11.6 Å². The maximum absolute atomic E-state index is 12.5. The SMILES string of the molecule is CCC(CC)=C(C)C(=O)OC12CC3CC(CC(C3)C1)C2. The second-order valence-electron chi connectivity index (χ2n) is 7.43. The first-order valence-electron chi connectivity index (χ1n) is 8.47. The highest BCUT2D eigenvalue weighted by Gasteiger charge is 2.53. The van der Waals surface area contributed by atoms with Crippen molar-refractivity contribution in [2.24, 2.45) is 17.8 Å². The number of carbonyl (C=O) groups excluding carboxylic acids is 1. The lowest BCUT2D eigenvalue weighted by Gasteiger charge is -2.55. The van der Waals surface area contributed by atoms with Crippen molar-refractivity contribution in [3.8, 4) is 0 Å². The van der Waals surface area contributed by atoms with Gasteiger partial charge in [-0.15, -0.1) is 0 Å². The number of hydrogen-bond acceptors (Lipinski definition) is 2. The van der Waals surface area contributed by atoms with Gasteiger partial charge in [0.15, 0.2) is 0 Å². The van der Waals surface area contributed by atoms with E-state index in [9.17, 15) is 4.79 Å². The van der Waals surface area contributed by atoms with Crippen LogP contribution >= 0.6 is 0 Å². The Morgan fingerprint density at radius 1 is 1.00 bits per heavy atom. The minimum atomic E-state index is -0.0975. The molecule has 0 aromatic carbocycles. The summed E-state index contributed by atoms with van der Waals surface area (Å²) in [6, 6.07) is 0. The number of carbonyl (C=O) groups is 1. The average molecular weight is 276 g/mol. The van der Waals surface area contributed by atoms with Crippen molar-refractivity contribution in [2.45, 2.75) is 77.7 Å². The van der Waals surface area contributed by atoms with E-state index < -0.39 is 0 Å². The fourth-order valence-corrected chi connectivity index (χ4v) is 5.35. The summed E-state index contributed by atoms with van der Waals surface area (Å²) in [4.78, 5) is 12.5. The van der Waals surface area contributed by atoms with Crippen LogP contribution in [0.15, 0.2) is 11.1 Å². The summed E-state index contributed by atoms with van der Waals surface area (Å²) < 4.78 is 6.10. The van der Waals surface area contributed by atoms with E-state index in [1.165, 1.54) is 24.8 Å². The van der Waals surface area contributed by atoms with Gasteiger partial charge in [-0.1, -0.05) is 19.4 Å². The summed E-state index contributed by atoms with van der Waals surface area (Å²) in [5.41, 5.74) is 2.02. The van der Waals surface area contributed by atoms with Gasteiger partial charge in [-0.05, 0) is 76.0 Å². The van der Waals surface area contributed by atoms with Gasteiger partial charge in [-0.2, -0.15) is 0 Å². The molecule has 0 aromatic heterocycles. The molecule has 0 aromatic rings. The summed E-state index contributed by atoms with van der Waals surface area (Å²) in [7, 11) is 0. The van der Waals surface area contributed by atoms with Crippen molar-refractivity contribution < 1.29 is 9.53 Å². The van der Waals surface area contributed by atoms with E-state index in [4.69, 9.17) is 4.74 Å². The predicted octanol–water partition coefficient (Wildman–Crippen LogP) is 4.63. The van der Waals surface area contributed by atoms with Crippen LogP contribution in [-0.2, 0) is 9.53 Å². The van der Waals surface area contributed by atoms with Crippen LogP contribution in [0.4, 0.5) is 0 Å². The van der Waals surface area contributed by atoms with Gasteiger partial charge in [0.25, 0.3) is 0 Å². The fourth-order valence-electron chi connectivity index (χ4n) is 5.35. The molecule has 0 spiro atoms. The zero-order valence-electron chi connectivity index (χ0n) is 13.2. The van der Waals surface area contributed by atoms with E-state index in [-0.39, 0.29) is 11.6 Å². The maximum atomic E-state index is 12.5. The molecule has 0 saturated heterocycles. The molecule has 0 unspecified atom stereocenters. The van der Waals surface area contributed by atoms with Gasteiger partial charge < -0.3 is 4.74 Å². The summed E-state index contributed by atoms with van der Waals surface area (Å²) in [5, 5.41) is 0. The van der Waals surface area contributed by atoms with Crippen molar-refractivity contribution in [1.29, 1.82) is 0 Å². The summed E-state index contributed by atoms with van der Waals surface area (Å²) in [6.07, 6.45) is 9.47. The van der Waals surface area contributed by atoms with Gasteiger partial charge in [0.1, 0.15) is 5.60 Å². The first kappa shape index (κ1) is 14.2. The average Bonchev–Trinajstić information content (AvgIpc) is 2.37. The van der Waals surface area contributed by atoms with Crippen LogP contribution < -0.4 is 0 Å². The monoisotopic (exact) mass is 276 g/mol. The Balaban J connectivity index is 1.74. The van der Waals surface area contributed by atoms with E-state index in [0.717, 1.165) is 55.4 Å². The zero-order valence-corrected chi connectivity index (χ0v) is 13.2. The number of esters is 1. The van der Waals surface area contributed by atoms with Gasteiger partial charge in [0.05, 0.1) is 0 Å². The van der Waals surface area contributed by atoms with E-state index in [1.807, 2.05) is 6.92 Å². The summed E-state index contributed by atoms with van der Waals surface area (Å²) >= 11 is 0. The normalized spacial score (nSPS) is 37.9. The van der Waals surface area contributed by atoms with E-state index in [0.29, 0.717) is 0 Å². The minimum absolute atomic E-state index is 0.0364. The largest absolute Gasteiger partial charge is 0.456 e. The fraction of sp³-hybridized carbons (Fsp3) is 0.833. The van der Waals surface area contributed by atoms with Crippen LogP contribution in [0.25, 0.3) is 0 Å². The maximum Gasteiger partial charge on any atom is 0.334 e. The Labute approximate surface area is 123 Å². The van der Waals surface area contributed by atoms with Crippen LogP contribution in [0.1, 0.15) is 72.1 Å². The molecule has 2 heteroatoms. The molecule has 4 saturated carbocycles. The Morgan fingerprint density at radius 2 is 1.45 bits per heavy atom. The van der Waals surface area contributed by atoms with Gasteiger partial charge in [0, 0.05) is 5.57 Å². The number of rotatable bonds is 4. The third kappa shape index (κ3) is 2.42. The quantitative estimate of drug-likeness (QED) is 0.552. The van der Waals surface area contributed by atoms with Crippen molar-refractivity contribution >= 4 is 5.97 Å². The highest BCUT2D eigenvalue weighted by Crippen LogP contribution is 2.57. The topological polar surface area (TPSA) is 26.3 Å². The molecule has 0 amide bonds. The molecule has 4 aliphatic rings. The molecule has 2 nitrogen and oxygen atoms in total. The summed E-state index contributed by atoms with van der Waals surface area (Å²) in [6.45, 7) is 6.20. The zero-order chi connectivity index (χ0) is 14.3. The molecule has 20 heavy (non-hydrogen) atoms. The number of hydrogen-bond donors (Lipinski definition) is 0. The number of ether oxygens (including phenoxy) is 1. The Bertz CT molecular complexity index is 391. The molecule has 0 N–H and O–H groups in total. The van der Waals surface area contributed by atoms with Crippen molar-refractivity contribution in [3.05, 3.63) is 11.1 Å². The van der Waals surface area contributed by atoms with E-state index in [2.05, 4.69) is 13.8 Å². The molecule has 4 rings (SSSR count). The molecule has 112 valence electrons. The predicted molar refractivity (Wildman–Crippen MR) is 80.3 cm³/mol. The van der Waals surface area contributed by atoms with Gasteiger partial charge in [0.2, 0.25) is 0 Å². The summed E-state index contributed by atoms with van der Waals surface area (Å²) in [5.74, 6) is 2.45. The van der Waals surface area contributed by atoms with Crippen molar-refractivity contribution in [2.75, 3.05) is 0 Å². The molecule has 0 radical (unpaired) electrons. The van der Waals surface area contributed by atoms with Crippen LogP contribution in [0, 0.1) is 17.8 Å². The van der Waals surface area contributed by atoms with Crippen molar-refractivity contribution in [3.63, 3.8) is 0 Å². The molecular weight excluding hydrogens is 248 g/mol. The Morgan fingerprint density at radius 3 is 1.85 bits per heavy atom. The lowest BCUT2D eigenvalue weighted by Crippen LogP contribution is -2.52. The van der Waals surface area contributed by atoms with Crippen LogP contribution in [0.5, 0.6) is 0 Å². The molecule has 4 bridgehead atoms. The first-order chi connectivity index (χ1) is 9.55. The van der Waals surface area contributed by atoms with Crippen molar-refractivity contribution in [1.82, 2.24) is 0 Å². The van der Waals surface area contributed by atoms with E-state index >= 15 is 0 Å². The van der Waals surface area contributed by atoms with Crippen LogP contribution in [0.3, 0.4) is 0 Å². The molecule has 0 atom stereocenters. The van der Waals surface area contributed by atoms with Gasteiger partial charge in [-0.3, -0.25) is 0 Å². The lowest BCUT2D eigenvalue weighted by molar-refractivity contribution is -0.182. The highest BCUT2D eigenvalue weighted by molar-refractivity contribution is 5.89. The Hall–Kier alpha value is -0.790. The van der Waals surface area contributed by atoms with Crippen LogP contribution in [0.2, 0.25) is 0 Å². The molecular formula is C18H28O2. The number of allylic oxidation sites excluding steroid dienone is 1. The highest BCUT2D eigenvalue weighted by atomic mass is 16.6.